The van der Waals surface area contributed by atoms with Crippen molar-refractivity contribution in [3.05, 3.63) is 0 Å². The molecular weight excluding hydrogens is 250 g/mol. The predicted molar refractivity (Wildman–Crippen MR) is 68.7 cm³/mol. The highest BCUT2D eigenvalue weighted by Gasteiger charge is 2.28. The van der Waals surface area contributed by atoms with Gasteiger partial charge >= 0.3 is 12.0 Å². The van der Waals surface area contributed by atoms with E-state index in [-0.39, 0.29) is 18.5 Å². The van der Waals surface area contributed by atoms with Crippen molar-refractivity contribution in [1.82, 2.24) is 15.1 Å². The van der Waals surface area contributed by atoms with Crippen molar-refractivity contribution in [3.8, 4) is 0 Å². The highest BCUT2D eigenvalue weighted by molar-refractivity contribution is 5.86. The minimum Gasteiger partial charge on any atom is -0.480 e. The summed E-state index contributed by atoms with van der Waals surface area (Å²) in [6, 6.07) is -1.10. The van der Waals surface area contributed by atoms with Gasteiger partial charge in [0.15, 0.2) is 0 Å². The number of hydrogen-bond acceptors (Lipinski definition) is 3. The molecule has 0 aliphatic heterocycles. The fourth-order valence-electron chi connectivity index (χ4n) is 1.80. The van der Waals surface area contributed by atoms with Crippen molar-refractivity contribution >= 4 is 17.9 Å². The van der Waals surface area contributed by atoms with Gasteiger partial charge in [-0.3, -0.25) is 4.79 Å². The fourth-order valence-corrected chi connectivity index (χ4v) is 1.80. The molecule has 1 saturated carbocycles. The first-order valence-corrected chi connectivity index (χ1v) is 6.36. The summed E-state index contributed by atoms with van der Waals surface area (Å²) in [6.07, 6.45) is 2.29. The normalized spacial score (nSPS) is 15.5. The van der Waals surface area contributed by atoms with Crippen LogP contribution in [0, 0.1) is 0 Å². The third-order valence-electron chi connectivity index (χ3n) is 3.09. The van der Waals surface area contributed by atoms with Gasteiger partial charge in [0.05, 0.1) is 0 Å². The van der Waals surface area contributed by atoms with Crippen LogP contribution in [0.2, 0.25) is 0 Å². The number of amides is 3. The summed E-state index contributed by atoms with van der Waals surface area (Å²) in [7, 11) is 2.92. The third kappa shape index (κ3) is 4.42. The summed E-state index contributed by atoms with van der Waals surface area (Å²) >= 11 is 0. The van der Waals surface area contributed by atoms with Crippen LogP contribution in [0.3, 0.4) is 0 Å². The van der Waals surface area contributed by atoms with E-state index in [0.717, 1.165) is 17.7 Å². The topological polar surface area (TPSA) is 90.0 Å². The van der Waals surface area contributed by atoms with Crippen LogP contribution in [0.25, 0.3) is 0 Å². The Morgan fingerprint density at radius 2 is 1.89 bits per heavy atom. The van der Waals surface area contributed by atoms with E-state index in [1.54, 1.807) is 6.92 Å². The number of nitrogens with one attached hydrogen (secondary N) is 1. The molecule has 0 aromatic rings. The maximum absolute atomic E-state index is 12.0. The zero-order chi connectivity index (χ0) is 14.6. The SMILES string of the molecule is CCC(C(=O)O)N(C)C(=O)N(C)CC(=O)NC1CC1. The maximum Gasteiger partial charge on any atom is 0.326 e. The largest absolute Gasteiger partial charge is 0.480 e. The Morgan fingerprint density at radius 3 is 2.32 bits per heavy atom. The van der Waals surface area contributed by atoms with Crippen molar-refractivity contribution in [1.29, 1.82) is 0 Å². The van der Waals surface area contributed by atoms with Gasteiger partial charge in [-0.1, -0.05) is 6.92 Å². The molecule has 0 aromatic heterocycles. The number of aliphatic carboxylic acids is 1. The first kappa shape index (κ1) is 15.3. The van der Waals surface area contributed by atoms with E-state index in [1.807, 2.05) is 0 Å². The molecule has 1 rings (SSSR count). The molecule has 1 fully saturated rings. The lowest BCUT2D eigenvalue weighted by Crippen LogP contribution is -2.49. The lowest BCUT2D eigenvalue weighted by molar-refractivity contribution is -0.142. The second-order valence-corrected chi connectivity index (χ2v) is 4.85. The highest BCUT2D eigenvalue weighted by Crippen LogP contribution is 2.18. The van der Waals surface area contributed by atoms with E-state index >= 15 is 0 Å². The lowest BCUT2D eigenvalue weighted by Gasteiger charge is -2.28. The lowest BCUT2D eigenvalue weighted by atomic mass is 10.2. The van der Waals surface area contributed by atoms with Crippen LogP contribution in [-0.2, 0) is 9.59 Å². The van der Waals surface area contributed by atoms with E-state index < -0.39 is 18.0 Å². The molecule has 1 aliphatic carbocycles. The van der Waals surface area contributed by atoms with Crippen LogP contribution in [0.1, 0.15) is 26.2 Å². The molecule has 19 heavy (non-hydrogen) atoms. The van der Waals surface area contributed by atoms with E-state index in [0.29, 0.717) is 6.42 Å². The first-order valence-electron chi connectivity index (χ1n) is 6.36. The molecule has 0 aromatic carbocycles. The zero-order valence-corrected chi connectivity index (χ0v) is 11.5. The van der Waals surface area contributed by atoms with Crippen molar-refractivity contribution < 1.29 is 19.5 Å². The summed E-state index contributed by atoms with van der Waals surface area (Å²) in [5.41, 5.74) is 0. The number of carbonyl (C=O) groups is 3. The van der Waals surface area contributed by atoms with Crippen molar-refractivity contribution in [2.24, 2.45) is 0 Å². The van der Waals surface area contributed by atoms with Gasteiger partial charge in [0, 0.05) is 20.1 Å². The average molecular weight is 271 g/mol. The number of urea groups is 1. The minimum absolute atomic E-state index is 0.0598. The number of carboxylic acids is 1. The molecular formula is C12H21N3O4. The molecule has 0 spiro atoms. The number of rotatable bonds is 6. The Hall–Kier alpha value is -1.79. The minimum atomic E-state index is -1.05. The molecule has 3 amide bonds. The van der Waals surface area contributed by atoms with Crippen molar-refractivity contribution in [2.45, 2.75) is 38.3 Å². The van der Waals surface area contributed by atoms with Crippen molar-refractivity contribution in [3.63, 3.8) is 0 Å². The Labute approximate surface area is 112 Å². The summed E-state index contributed by atoms with van der Waals surface area (Å²) in [6.45, 7) is 1.64. The number of carbonyl (C=O) groups excluding carboxylic acids is 2. The van der Waals surface area contributed by atoms with Crippen LogP contribution in [0.5, 0.6) is 0 Å². The van der Waals surface area contributed by atoms with E-state index in [9.17, 15) is 14.4 Å². The summed E-state index contributed by atoms with van der Waals surface area (Å²) < 4.78 is 0. The summed E-state index contributed by atoms with van der Waals surface area (Å²) in [5, 5.41) is 11.8. The van der Waals surface area contributed by atoms with E-state index in [1.165, 1.54) is 19.0 Å². The number of carboxylic acid groups (broad SMARTS) is 1. The standard InChI is InChI=1S/C12H21N3O4/c1-4-9(11(17)18)15(3)12(19)14(2)7-10(16)13-8-5-6-8/h8-9H,4-7H2,1-3H3,(H,13,16)(H,17,18). The molecule has 1 aliphatic rings. The summed E-state index contributed by atoms with van der Waals surface area (Å²) in [4.78, 5) is 36.9. The van der Waals surface area contributed by atoms with Gasteiger partial charge in [-0.25, -0.2) is 9.59 Å². The van der Waals surface area contributed by atoms with Gasteiger partial charge < -0.3 is 20.2 Å². The number of likely N-dealkylation sites (N-methyl/N-ethyl adjacent to an activating group) is 2. The first-order chi connectivity index (χ1) is 8.86. The second kappa shape index (κ2) is 6.40. The molecule has 0 bridgehead atoms. The molecule has 7 heteroatoms. The molecule has 0 heterocycles. The summed E-state index contributed by atoms with van der Waals surface area (Å²) in [5.74, 6) is -1.26. The van der Waals surface area contributed by atoms with Crippen LogP contribution in [0.4, 0.5) is 4.79 Å². The van der Waals surface area contributed by atoms with Gasteiger partial charge in [-0.15, -0.1) is 0 Å². The third-order valence-corrected chi connectivity index (χ3v) is 3.09. The van der Waals surface area contributed by atoms with Gasteiger partial charge in [-0.2, -0.15) is 0 Å². The molecule has 0 saturated heterocycles. The number of nitrogens with zero attached hydrogens (tertiary/aromatic N) is 2. The monoisotopic (exact) mass is 271 g/mol. The maximum atomic E-state index is 12.0. The molecule has 108 valence electrons. The van der Waals surface area contributed by atoms with Gasteiger partial charge in [0.25, 0.3) is 0 Å². The zero-order valence-electron chi connectivity index (χ0n) is 11.5. The Balaban J connectivity index is 2.49. The Bertz CT molecular complexity index is 368. The van der Waals surface area contributed by atoms with Gasteiger partial charge in [-0.05, 0) is 19.3 Å². The average Bonchev–Trinajstić information content (AvgIpc) is 3.11. The molecule has 1 atom stereocenters. The smallest absolute Gasteiger partial charge is 0.326 e. The van der Waals surface area contributed by atoms with Crippen LogP contribution < -0.4 is 5.32 Å². The van der Waals surface area contributed by atoms with Gasteiger partial charge in [0.1, 0.15) is 12.6 Å². The van der Waals surface area contributed by atoms with E-state index in [2.05, 4.69) is 5.32 Å². The van der Waals surface area contributed by atoms with Crippen molar-refractivity contribution in [2.75, 3.05) is 20.6 Å². The highest BCUT2D eigenvalue weighted by atomic mass is 16.4. The quantitative estimate of drug-likeness (QED) is 0.717. The Morgan fingerprint density at radius 1 is 1.32 bits per heavy atom. The predicted octanol–water partition coefficient (Wildman–Crippen LogP) is 0.112. The Kier molecular flexibility index (Phi) is 5.14. The van der Waals surface area contributed by atoms with E-state index in [4.69, 9.17) is 5.11 Å². The van der Waals surface area contributed by atoms with Crippen LogP contribution in [-0.4, -0.2) is 65.5 Å². The molecule has 7 nitrogen and oxygen atoms in total. The molecule has 0 radical (unpaired) electrons. The number of hydrogen-bond donors (Lipinski definition) is 2. The molecule has 2 N–H and O–H groups in total. The second-order valence-electron chi connectivity index (χ2n) is 4.85. The molecule has 1 unspecified atom stereocenters. The van der Waals surface area contributed by atoms with Crippen LogP contribution in [0.15, 0.2) is 0 Å². The fraction of sp³-hybridized carbons (Fsp3) is 0.750. The van der Waals surface area contributed by atoms with Crippen LogP contribution >= 0.6 is 0 Å². The van der Waals surface area contributed by atoms with Gasteiger partial charge in [0.2, 0.25) is 5.91 Å².